The van der Waals surface area contributed by atoms with Gasteiger partial charge in [-0.05, 0) is 68.0 Å². The number of rotatable bonds is 4. The topological polar surface area (TPSA) is 52.7 Å². The van der Waals surface area contributed by atoms with E-state index in [9.17, 15) is 4.79 Å². The summed E-state index contributed by atoms with van der Waals surface area (Å²) in [5.74, 6) is 0.429. The van der Waals surface area contributed by atoms with Gasteiger partial charge in [0.2, 0.25) is 0 Å². The molecule has 146 valence electrons. The Morgan fingerprint density at radius 1 is 1.00 bits per heavy atom. The minimum absolute atomic E-state index is 0.0941. The lowest BCUT2D eigenvalue weighted by Gasteiger charge is -2.12. The third kappa shape index (κ3) is 3.07. The van der Waals surface area contributed by atoms with Crippen LogP contribution in [-0.2, 0) is 6.54 Å². The van der Waals surface area contributed by atoms with Crippen LogP contribution in [0.25, 0.3) is 16.6 Å². The molecule has 0 bridgehead atoms. The molecule has 0 aliphatic heterocycles. The Morgan fingerprint density at radius 3 is 2.52 bits per heavy atom. The fourth-order valence-corrected chi connectivity index (χ4v) is 3.86. The molecule has 5 heteroatoms. The van der Waals surface area contributed by atoms with Gasteiger partial charge in [0.05, 0.1) is 24.1 Å². The predicted octanol–water partition coefficient (Wildman–Crippen LogP) is 4.43. The number of benzene rings is 2. The van der Waals surface area contributed by atoms with Gasteiger partial charge in [0.15, 0.2) is 0 Å². The lowest BCUT2D eigenvalue weighted by atomic mass is 10.1. The molecule has 0 radical (unpaired) electrons. The van der Waals surface area contributed by atoms with Gasteiger partial charge in [-0.3, -0.25) is 4.79 Å². The minimum atomic E-state index is -0.0941. The van der Waals surface area contributed by atoms with Crippen molar-refractivity contribution < 1.29 is 0 Å². The molecule has 2 aromatic heterocycles. The van der Waals surface area contributed by atoms with Crippen LogP contribution in [0.1, 0.15) is 46.7 Å². The van der Waals surface area contributed by atoms with Crippen LogP contribution in [0.15, 0.2) is 53.5 Å². The van der Waals surface area contributed by atoms with E-state index in [0.29, 0.717) is 18.0 Å². The van der Waals surface area contributed by atoms with E-state index in [2.05, 4.69) is 50.1 Å². The molecule has 5 nitrogen and oxygen atoms in total. The molecular weight excluding hydrogens is 360 g/mol. The van der Waals surface area contributed by atoms with E-state index in [-0.39, 0.29) is 5.56 Å². The maximum Gasteiger partial charge on any atom is 0.293 e. The van der Waals surface area contributed by atoms with Crippen molar-refractivity contribution >= 4 is 10.9 Å². The molecular formula is C24H24N4O. The van der Waals surface area contributed by atoms with Gasteiger partial charge in [0.1, 0.15) is 5.52 Å². The second kappa shape index (κ2) is 6.69. The molecule has 0 saturated heterocycles. The highest BCUT2D eigenvalue weighted by atomic mass is 16.1. The molecule has 4 aromatic rings. The van der Waals surface area contributed by atoms with Gasteiger partial charge in [0, 0.05) is 11.3 Å². The van der Waals surface area contributed by atoms with E-state index in [1.165, 1.54) is 11.1 Å². The average molecular weight is 384 g/mol. The van der Waals surface area contributed by atoms with Gasteiger partial charge in [0.25, 0.3) is 5.56 Å². The van der Waals surface area contributed by atoms with Crippen molar-refractivity contribution in [1.29, 1.82) is 0 Å². The van der Waals surface area contributed by atoms with Gasteiger partial charge in [-0.2, -0.15) is 10.2 Å². The summed E-state index contributed by atoms with van der Waals surface area (Å²) in [7, 11) is 0. The van der Waals surface area contributed by atoms with Crippen molar-refractivity contribution in [2.75, 3.05) is 0 Å². The first-order chi connectivity index (χ1) is 14.0. The lowest BCUT2D eigenvalue weighted by molar-refractivity contribution is 0.624. The fourth-order valence-electron chi connectivity index (χ4n) is 3.86. The number of aromatic nitrogens is 4. The SMILES string of the molecule is Cc1ccc(-n2ncc3c(C4CC4)nn(Cc4ccccc4C)c(=O)c32)cc1C. The zero-order chi connectivity index (χ0) is 20.1. The van der Waals surface area contributed by atoms with Crippen molar-refractivity contribution in [1.82, 2.24) is 19.6 Å². The summed E-state index contributed by atoms with van der Waals surface area (Å²) < 4.78 is 3.41. The molecule has 29 heavy (non-hydrogen) atoms. The van der Waals surface area contributed by atoms with Gasteiger partial charge < -0.3 is 0 Å². The summed E-state index contributed by atoms with van der Waals surface area (Å²) in [5, 5.41) is 10.3. The van der Waals surface area contributed by atoms with Gasteiger partial charge >= 0.3 is 0 Å². The van der Waals surface area contributed by atoms with Crippen LogP contribution in [0.4, 0.5) is 0 Å². The van der Waals surface area contributed by atoms with Crippen molar-refractivity contribution in [2.24, 2.45) is 0 Å². The fraction of sp³-hybridized carbons (Fsp3) is 0.292. The molecule has 0 N–H and O–H groups in total. The van der Waals surface area contributed by atoms with Crippen molar-refractivity contribution in [2.45, 2.75) is 46.1 Å². The van der Waals surface area contributed by atoms with E-state index in [1.807, 2.05) is 24.4 Å². The first kappa shape index (κ1) is 17.9. The van der Waals surface area contributed by atoms with Crippen LogP contribution in [0.3, 0.4) is 0 Å². The third-order valence-corrected chi connectivity index (χ3v) is 5.99. The zero-order valence-corrected chi connectivity index (χ0v) is 17.0. The summed E-state index contributed by atoms with van der Waals surface area (Å²) >= 11 is 0. The van der Waals surface area contributed by atoms with Crippen molar-refractivity contribution in [3.05, 3.63) is 87.0 Å². The number of nitrogens with zero attached hydrogens (tertiary/aromatic N) is 4. The molecule has 0 spiro atoms. The molecule has 2 heterocycles. The second-order valence-corrected chi connectivity index (χ2v) is 8.14. The van der Waals surface area contributed by atoms with Crippen LogP contribution in [0.2, 0.25) is 0 Å². The van der Waals surface area contributed by atoms with E-state index in [1.54, 1.807) is 9.36 Å². The maximum absolute atomic E-state index is 13.5. The summed E-state index contributed by atoms with van der Waals surface area (Å²) in [4.78, 5) is 13.5. The molecule has 0 atom stereocenters. The summed E-state index contributed by atoms with van der Waals surface area (Å²) in [6.07, 6.45) is 4.06. The molecule has 5 rings (SSSR count). The molecule has 1 aliphatic rings. The largest absolute Gasteiger partial charge is 0.293 e. The minimum Gasteiger partial charge on any atom is -0.265 e. The summed E-state index contributed by atoms with van der Waals surface area (Å²) in [6.45, 7) is 6.71. The highest BCUT2D eigenvalue weighted by molar-refractivity contribution is 5.82. The van der Waals surface area contributed by atoms with E-state index < -0.39 is 0 Å². The van der Waals surface area contributed by atoms with Crippen LogP contribution in [0, 0.1) is 20.8 Å². The van der Waals surface area contributed by atoms with Crippen LogP contribution >= 0.6 is 0 Å². The Bertz CT molecular complexity index is 1290. The molecule has 1 saturated carbocycles. The quantitative estimate of drug-likeness (QED) is 0.523. The van der Waals surface area contributed by atoms with Crippen LogP contribution in [-0.4, -0.2) is 19.6 Å². The van der Waals surface area contributed by atoms with E-state index in [4.69, 9.17) is 5.10 Å². The van der Waals surface area contributed by atoms with E-state index in [0.717, 1.165) is 40.7 Å². The molecule has 0 amide bonds. The first-order valence-electron chi connectivity index (χ1n) is 10.1. The summed E-state index contributed by atoms with van der Waals surface area (Å²) in [5.41, 5.74) is 7.13. The zero-order valence-electron chi connectivity index (χ0n) is 17.0. The number of hydrogen-bond donors (Lipinski definition) is 0. The Balaban J connectivity index is 1.73. The first-order valence-corrected chi connectivity index (χ1v) is 10.1. The van der Waals surface area contributed by atoms with Gasteiger partial charge in [-0.1, -0.05) is 30.3 Å². The monoisotopic (exact) mass is 384 g/mol. The maximum atomic E-state index is 13.5. The number of fused-ring (bicyclic) bond motifs is 1. The van der Waals surface area contributed by atoms with Crippen LogP contribution < -0.4 is 5.56 Å². The Morgan fingerprint density at radius 2 is 1.79 bits per heavy atom. The molecule has 1 fully saturated rings. The van der Waals surface area contributed by atoms with Crippen molar-refractivity contribution in [3.8, 4) is 5.69 Å². The number of aryl methyl sites for hydroxylation is 3. The Kier molecular flexibility index (Phi) is 4.12. The second-order valence-electron chi connectivity index (χ2n) is 8.14. The Labute approximate surface area is 169 Å². The summed E-state index contributed by atoms with van der Waals surface area (Å²) in [6, 6.07) is 14.3. The van der Waals surface area contributed by atoms with Crippen molar-refractivity contribution in [3.63, 3.8) is 0 Å². The van der Waals surface area contributed by atoms with Gasteiger partial charge in [-0.25, -0.2) is 9.36 Å². The standard InChI is InChI=1S/C24H24N4O/c1-15-8-11-20(12-17(15)3)28-23-21(13-25-28)22(18-9-10-18)26-27(24(23)29)14-19-7-5-4-6-16(19)2/h4-8,11-13,18H,9-10,14H2,1-3H3. The third-order valence-electron chi connectivity index (χ3n) is 5.99. The average Bonchev–Trinajstić information content (AvgIpc) is 3.46. The molecule has 1 aliphatic carbocycles. The Hall–Kier alpha value is -3.21. The smallest absolute Gasteiger partial charge is 0.265 e. The lowest BCUT2D eigenvalue weighted by Crippen LogP contribution is -2.26. The molecule has 0 unspecified atom stereocenters. The highest BCUT2D eigenvalue weighted by Crippen LogP contribution is 2.41. The molecule has 2 aromatic carbocycles. The van der Waals surface area contributed by atoms with E-state index >= 15 is 0 Å². The number of hydrogen-bond acceptors (Lipinski definition) is 3. The normalized spacial score (nSPS) is 13.9. The predicted molar refractivity (Wildman–Crippen MR) is 115 cm³/mol. The van der Waals surface area contributed by atoms with Gasteiger partial charge in [-0.15, -0.1) is 0 Å². The highest BCUT2D eigenvalue weighted by Gasteiger charge is 2.30. The van der Waals surface area contributed by atoms with Crippen LogP contribution in [0.5, 0.6) is 0 Å².